The summed E-state index contributed by atoms with van der Waals surface area (Å²) in [5, 5.41) is 0. The molecule has 0 unspecified atom stereocenters. The van der Waals surface area contributed by atoms with Gasteiger partial charge in [-0.25, -0.2) is 0 Å². The van der Waals surface area contributed by atoms with E-state index in [1.807, 2.05) is 24.3 Å². The first-order valence-electron chi connectivity index (χ1n) is 8.42. The first-order valence-corrected chi connectivity index (χ1v) is 11.6. The van der Waals surface area contributed by atoms with Gasteiger partial charge < -0.3 is 23.8 Å². The fourth-order valence-electron chi connectivity index (χ4n) is 2.61. The maximum Gasteiger partial charge on any atom is 0.188 e. The van der Waals surface area contributed by atoms with Crippen LogP contribution in [0.2, 0.25) is 0 Å². The minimum atomic E-state index is 0.141. The lowest BCUT2D eigenvalue weighted by Gasteiger charge is -2.29. The largest absolute Gasteiger partial charge is 0.464 e. The molecule has 2 aromatic carbocycles. The summed E-state index contributed by atoms with van der Waals surface area (Å²) in [5.41, 5.74) is 1.76. The average molecular weight is 647 g/mol. The Kier molecular flexibility index (Phi) is 10.1. The average Bonchev–Trinajstić information content (AvgIpc) is 2.64. The van der Waals surface area contributed by atoms with Crippen LogP contribution in [-0.2, 0) is 9.47 Å². The van der Waals surface area contributed by atoms with Crippen LogP contribution in [-0.4, -0.2) is 34.4 Å². The molecular formula is C19H21Br4NO4. The van der Waals surface area contributed by atoms with Crippen molar-refractivity contribution in [2.24, 2.45) is 0 Å². The standard InChI is InChI=1S/C19H21Br4NO4/c1-4-5-24(16-8-12(20)6-14(22)18(16)27-10-25-2)17-9-13(21)7-15(23)19(17)28-11-26-3/h6-9H,4-5,10-11H2,1-3H3. The normalized spacial score (nSPS) is 10.8. The maximum atomic E-state index is 5.88. The van der Waals surface area contributed by atoms with Crippen LogP contribution in [0, 0.1) is 0 Å². The van der Waals surface area contributed by atoms with Gasteiger partial charge in [0, 0.05) is 29.7 Å². The van der Waals surface area contributed by atoms with Gasteiger partial charge in [-0.3, -0.25) is 0 Å². The van der Waals surface area contributed by atoms with Crippen molar-refractivity contribution in [2.45, 2.75) is 13.3 Å². The van der Waals surface area contributed by atoms with Gasteiger partial charge in [0.1, 0.15) is 0 Å². The number of rotatable bonds is 10. The second kappa shape index (κ2) is 11.8. The number of ether oxygens (including phenoxy) is 4. The number of halogens is 4. The number of hydrogen-bond donors (Lipinski definition) is 0. The molecule has 0 amide bonds. The zero-order valence-electron chi connectivity index (χ0n) is 15.7. The molecule has 0 aliphatic rings. The van der Waals surface area contributed by atoms with E-state index in [0.29, 0.717) is 11.5 Å². The molecule has 2 aromatic rings. The van der Waals surface area contributed by atoms with E-state index >= 15 is 0 Å². The highest BCUT2D eigenvalue weighted by Crippen LogP contribution is 2.47. The highest BCUT2D eigenvalue weighted by molar-refractivity contribution is 9.11. The van der Waals surface area contributed by atoms with Crippen molar-refractivity contribution >= 4 is 75.1 Å². The Bertz CT molecular complexity index is 740. The van der Waals surface area contributed by atoms with Crippen molar-refractivity contribution in [3.8, 4) is 11.5 Å². The molecule has 0 aromatic heterocycles. The molecule has 0 atom stereocenters. The second-order valence-electron chi connectivity index (χ2n) is 5.73. The molecule has 0 N–H and O–H groups in total. The molecule has 9 heteroatoms. The topological polar surface area (TPSA) is 40.2 Å². The van der Waals surface area contributed by atoms with Gasteiger partial charge in [-0.2, -0.15) is 0 Å². The van der Waals surface area contributed by atoms with E-state index in [1.54, 1.807) is 14.2 Å². The second-order valence-corrected chi connectivity index (χ2v) is 9.27. The lowest BCUT2D eigenvalue weighted by molar-refractivity contribution is 0.0504. The number of methoxy groups -OCH3 is 2. The summed E-state index contributed by atoms with van der Waals surface area (Å²) < 4.78 is 25.5. The van der Waals surface area contributed by atoms with Gasteiger partial charge in [0.2, 0.25) is 0 Å². The molecule has 28 heavy (non-hydrogen) atoms. The van der Waals surface area contributed by atoms with Crippen LogP contribution in [0.5, 0.6) is 11.5 Å². The SMILES string of the molecule is CCCN(c1cc(Br)cc(Br)c1OCOC)c1cc(Br)cc(Br)c1OCOC. The van der Waals surface area contributed by atoms with E-state index in [0.717, 1.165) is 42.2 Å². The summed E-state index contributed by atoms with van der Waals surface area (Å²) in [6.45, 7) is 3.15. The molecule has 0 saturated heterocycles. The molecule has 0 aliphatic carbocycles. The van der Waals surface area contributed by atoms with Crippen LogP contribution in [0.15, 0.2) is 42.2 Å². The Hall–Kier alpha value is -0.320. The van der Waals surface area contributed by atoms with E-state index < -0.39 is 0 Å². The monoisotopic (exact) mass is 643 g/mol. The van der Waals surface area contributed by atoms with Crippen molar-refractivity contribution in [2.75, 3.05) is 39.3 Å². The third-order valence-corrected chi connectivity index (χ3v) is 5.74. The highest BCUT2D eigenvalue weighted by Gasteiger charge is 2.23. The van der Waals surface area contributed by atoms with Crippen molar-refractivity contribution in [1.29, 1.82) is 0 Å². The molecule has 0 spiro atoms. The number of hydrogen-bond acceptors (Lipinski definition) is 5. The molecule has 0 fully saturated rings. The predicted octanol–water partition coefficient (Wildman–Crippen LogP) is 7.25. The van der Waals surface area contributed by atoms with Gasteiger partial charge in [-0.1, -0.05) is 38.8 Å². The summed E-state index contributed by atoms with van der Waals surface area (Å²) in [4.78, 5) is 2.15. The number of nitrogens with zero attached hydrogens (tertiary/aromatic N) is 1. The van der Waals surface area contributed by atoms with Crippen molar-refractivity contribution in [1.82, 2.24) is 0 Å². The Morgan fingerprint density at radius 3 is 1.54 bits per heavy atom. The molecular weight excluding hydrogens is 626 g/mol. The number of anilines is 2. The van der Waals surface area contributed by atoms with Gasteiger partial charge in [0.05, 0.1) is 20.3 Å². The molecule has 0 saturated carbocycles. The van der Waals surface area contributed by atoms with Crippen molar-refractivity contribution < 1.29 is 18.9 Å². The summed E-state index contributed by atoms with van der Waals surface area (Å²) in [6.07, 6.45) is 0.918. The Labute approximate surface area is 199 Å². The first kappa shape index (κ1) is 24.0. The van der Waals surface area contributed by atoms with Crippen molar-refractivity contribution in [3.63, 3.8) is 0 Å². The summed E-state index contributed by atoms with van der Waals surface area (Å²) in [7, 11) is 3.19. The van der Waals surface area contributed by atoms with Crippen LogP contribution in [0.4, 0.5) is 11.4 Å². The van der Waals surface area contributed by atoms with Gasteiger partial charge in [0.25, 0.3) is 0 Å². The lowest BCUT2D eigenvalue weighted by Crippen LogP contribution is -2.21. The molecule has 0 bridgehead atoms. The minimum Gasteiger partial charge on any atom is -0.464 e. The van der Waals surface area contributed by atoms with Gasteiger partial charge in [0.15, 0.2) is 25.1 Å². The van der Waals surface area contributed by atoms with Gasteiger partial charge >= 0.3 is 0 Å². The zero-order chi connectivity index (χ0) is 20.7. The molecule has 0 aliphatic heterocycles. The summed E-state index contributed by atoms with van der Waals surface area (Å²) in [6, 6.07) is 7.91. The van der Waals surface area contributed by atoms with Crippen LogP contribution >= 0.6 is 63.7 Å². The Morgan fingerprint density at radius 1 is 0.750 bits per heavy atom. The third kappa shape index (κ3) is 6.09. The first-order chi connectivity index (χ1) is 13.4. The van der Waals surface area contributed by atoms with E-state index in [9.17, 15) is 0 Å². The van der Waals surface area contributed by atoms with Gasteiger partial charge in [-0.15, -0.1) is 0 Å². The Morgan fingerprint density at radius 2 is 1.18 bits per heavy atom. The predicted molar refractivity (Wildman–Crippen MR) is 126 cm³/mol. The van der Waals surface area contributed by atoms with Crippen molar-refractivity contribution in [3.05, 3.63) is 42.2 Å². The quantitative estimate of drug-likeness (QED) is 0.255. The van der Waals surface area contributed by atoms with Crippen LogP contribution in [0.1, 0.15) is 13.3 Å². The molecule has 5 nitrogen and oxygen atoms in total. The van der Waals surface area contributed by atoms with Crippen LogP contribution in [0.3, 0.4) is 0 Å². The number of benzene rings is 2. The summed E-state index contributed by atoms with van der Waals surface area (Å²) >= 11 is 14.4. The molecule has 0 radical (unpaired) electrons. The summed E-state index contributed by atoms with van der Waals surface area (Å²) in [5.74, 6) is 1.37. The van der Waals surface area contributed by atoms with E-state index in [1.165, 1.54) is 0 Å². The smallest absolute Gasteiger partial charge is 0.188 e. The zero-order valence-corrected chi connectivity index (χ0v) is 22.1. The molecule has 154 valence electrons. The highest BCUT2D eigenvalue weighted by atomic mass is 79.9. The minimum absolute atomic E-state index is 0.141. The van der Waals surface area contributed by atoms with Crippen LogP contribution in [0.25, 0.3) is 0 Å². The third-order valence-electron chi connectivity index (χ3n) is 3.65. The molecule has 0 heterocycles. The van der Waals surface area contributed by atoms with Crippen LogP contribution < -0.4 is 14.4 Å². The Balaban J connectivity index is 2.67. The fraction of sp³-hybridized carbons (Fsp3) is 0.368. The van der Waals surface area contributed by atoms with E-state index in [4.69, 9.17) is 18.9 Å². The van der Waals surface area contributed by atoms with E-state index in [-0.39, 0.29) is 13.6 Å². The maximum absolute atomic E-state index is 5.88. The fourth-order valence-corrected chi connectivity index (χ4v) is 5.24. The molecule has 2 rings (SSSR count). The van der Waals surface area contributed by atoms with E-state index in [2.05, 4.69) is 75.5 Å². The lowest BCUT2D eigenvalue weighted by atomic mass is 10.2. The van der Waals surface area contributed by atoms with Gasteiger partial charge in [-0.05, 0) is 62.5 Å².